The lowest BCUT2D eigenvalue weighted by Crippen LogP contribution is -2.51. The minimum absolute atomic E-state index is 0.113. The molecule has 1 aromatic rings. The highest BCUT2D eigenvalue weighted by Gasteiger charge is 2.30. The minimum Gasteiger partial charge on any atom is -0.339 e. The van der Waals surface area contributed by atoms with Gasteiger partial charge in [0.1, 0.15) is 0 Å². The number of piperazine rings is 1. The average Bonchev–Trinajstić information content (AvgIpc) is 2.54. The Balaban J connectivity index is 2.17. The maximum absolute atomic E-state index is 12.5. The second-order valence-corrected chi connectivity index (χ2v) is 6.68. The number of hydrogen-bond acceptors (Lipinski definition) is 6. The van der Waals surface area contributed by atoms with Crippen molar-refractivity contribution in [1.82, 2.24) is 9.21 Å². The maximum atomic E-state index is 12.5. The van der Waals surface area contributed by atoms with Crippen LogP contribution >= 0.6 is 0 Å². The molecule has 1 saturated heterocycles. The van der Waals surface area contributed by atoms with E-state index in [1.165, 1.54) is 27.4 Å². The lowest BCUT2D eigenvalue weighted by Gasteiger charge is -2.33. The summed E-state index contributed by atoms with van der Waals surface area (Å²) in [5.74, 6) is -0.229. The van der Waals surface area contributed by atoms with Crippen LogP contribution in [-0.2, 0) is 14.8 Å². The number of nitro groups is 1. The lowest BCUT2D eigenvalue weighted by atomic mass is 10.3. The van der Waals surface area contributed by atoms with E-state index in [0.29, 0.717) is 0 Å². The van der Waals surface area contributed by atoms with Crippen LogP contribution < -0.4 is 5.73 Å². The van der Waals surface area contributed by atoms with Crippen LogP contribution in [0.2, 0.25) is 0 Å². The molecule has 0 radical (unpaired) electrons. The van der Waals surface area contributed by atoms with E-state index >= 15 is 0 Å². The summed E-state index contributed by atoms with van der Waals surface area (Å²) in [6.45, 7) is 0.666. The Hall–Kier alpha value is -2.04. The first kappa shape index (κ1) is 16.3. The van der Waals surface area contributed by atoms with E-state index < -0.39 is 14.9 Å². The third-order valence-electron chi connectivity index (χ3n) is 3.43. The molecule has 2 N–H and O–H groups in total. The molecule has 1 amide bonds. The summed E-state index contributed by atoms with van der Waals surface area (Å²) in [5, 5.41) is 10.7. The van der Waals surface area contributed by atoms with Crippen molar-refractivity contribution in [2.75, 3.05) is 32.7 Å². The van der Waals surface area contributed by atoms with Crippen molar-refractivity contribution in [2.24, 2.45) is 5.73 Å². The smallest absolute Gasteiger partial charge is 0.270 e. The van der Waals surface area contributed by atoms with E-state index in [4.69, 9.17) is 5.73 Å². The number of carbonyl (C=O) groups excluding carboxylic acids is 1. The van der Waals surface area contributed by atoms with Crippen LogP contribution in [-0.4, -0.2) is 61.2 Å². The molecule has 0 aliphatic carbocycles. The Labute approximate surface area is 127 Å². The summed E-state index contributed by atoms with van der Waals surface area (Å²) >= 11 is 0. The molecule has 0 spiro atoms. The molecule has 0 aromatic heterocycles. The summed E-state index contributed by atoms with van der Waals surface area (Å²) in [5.41, 5.74) is 4.99. The largest absolute Gasteiger partial charge is 0.339 e. The van der Waals surface area contributed by atoms with Gasteiger partial charge in [0.25, 0.3) is 5.69 Å². The van der Waals surface area contributed by atoms with E-state index in [1.54, 1.807) is 0 Å². The first-order chi connectivity index (χ1) is 10.4. The molecular weight excluding hydrogens is 312 g/mol. The van der Waals surface area contributed by atoms with Crippen molar-refractivity contribution in [2.45, 2.75) is 4.90 Å². The fourth-order valence-corrected chi connectivity index (χ4v) is 3.68. The molecule has 1 fully saturated rings. The molecule has 120 valence electrons. The van der Waals surface area contributed by atoms with E-state index in [2.05, 4.69) is 0 Å². The van der Waals surface area contributed by atoms with Gasteiger partial charge >= 0.3 is 0 Å². The van der Waals surface area contributed by atoms with Crippen LogP contribution in [0.1, 0.15) is 0 Å². The molecule has 0 unspecified atom stereocenters. The van der Waals surface area contributed by atoms with E-state index in [9.17, 15) is 23.3 Å². The van der Waals surface area contributed by atoms with Crippen molar-refractivity contribution in [3.63, 3.8) is 0 Å². The molecule has 10 heteroatoms. The van der Waals surface area contributed by atoms with Gasteiger partial charge in [0, 0.05) is 38.3 Å². The SMILES string of the molecule is NCC(=O)N1CCN(S(=O)(=O)c2cccc([N+](=O)[O-])c2)CC1. The van der Waals surface area contributed by atoms with Gasteiger partial charge in [-0.1, -0.05) is 6.07 Å². The van der Waals surface area contributed by atoms with Crippen LogP contribution in [0.15, 0.2) is 29.2 Å². The van der Waals surface area contributed by atoms with E-state index in [-0.39, 0.29) is 49.2 Å². The van der Waals surface area contributed by atoms with E-state index in [0.717, 1.165) is 6.07 Å². The van der Waals surface area contributed by atoms with Crippen molar-refractivity contribution in [3.8, 4) is 0 Å². The monoisotopic (exact) mass is 328 g/mol. The zero-order chi connectivity index (χ0) is 16.3. The zero-order valence-corrected chi connectivity index (χ0v) is 12.5. The molecule has 9 nitrogen and oxygen atoms in total. The van der Waals surface area contributed by atoms with Crippen LogP contribution in [0.25, 0.3) is 0 Å². The fourth-order valence-electron chi connectivity index (χ4n) is 2.21. The van der Waals surface area contributed by atoms with Gasteiger partial charge < -0.3 is 10.6 Å². The normalized spacial score (nSPS) is 16.5. The molecule has 1 aliphatic heterocycles. The van der Waals surface area contributed by atoms with E-state index in [1.807, 2.05) is 0 Å². The quantitative estimate of drug-likeness (QED) is 0.580. The van der Waals surface area contributed by atoms with Crippen LogP contribution in [0, 0.1) is 10.1 Å². The predicted octanol–water partition coefficient (Wildman–Crippen LogP) is -0.614. The number of hydrogen-bond donors (Lipinski definition) is 1. The number of nitrogens with zero attached hydrogens (tertiary/aromatic N) is 3. The van der Waals surface area contributed by atoms with Gasteiger partial charge in [0.05, 0.1) is 16.4 Å². The van der Waals surface area contributed by atoms with Crippen molar-refractivity contribution < 1.29 is 18.1 Å². The van der Waals surface area contributed by atoms with Gasteiger partial charge in [0.2, 0.25) is 15.9 Å². The molecule has 0 atom stereocenters. The zero-order valence-electron chi connectivity index (χ0n) is 11.7. The summed E-state index contributed by atoms with van der Waals surface area (Å²) in [7, 11) is -3.81. The minimum atomic E-state index is -3.81. The maximum Gasteiger partial charge on any atom is 0.270 e. The fraction of sp³-hybridized carbons (Fsp3) is 0.417. The Morgan fingerprint density at radius 3 is 2.45 bits per heavy atom. The van der Waals surface area contributed by atoms with Crippen LogP contribution in [0.3, 0.4) is 0 Å². The molecule has 0 saturated carbocycles. The number of benzene rings is 1. The Morgan fingerprint density at radius 1 is 1.27 bits per heavy atom. The summed E-state index contributed by atoms with van der Waals surface area (Å²) in [6, 6.07) is 4.92. The topological polar surface area (TPSA) is 127 Å². The molecule has 1 heterocycles. The third kappa shape index (κ3) is 3.24. The molecule has 1 aliphatic rings. The summed E-state index contributed by atoms with van der Waals surface area (Å²) in [6.07, 6.45) is 0. The molecule has 1 aromatic carbocycles. The molecule has 0 bridgehead atoms. The Morgan fingerprint density at radius 2 is 1.91 bits per heavy atom. The van der Waals surface area contributed by atoms with Crippen molar-refractivity contribution in [3.05, 3.63) is 34.4 Å². The third-order valence-corrected chi connectivity index (χ3v) is 5.33. The average molecular weight is 328 g/mol. The highest BCUT2D eigenvalue weighted by atomic mass is 32.2. The second kappa shape index (κ2) is 6.38. The highest BCUT2D eigenvalue weighted by Crippen LogP contribution is 2.21. The van der Waals surface area contributed by atoms with Crippen LogP contribution in [0.5, 0.6) is 0 Å². The van der Waals surface area contributed by atoms with Crippen molar-refractivity contribution >= 4 is 21.6 Å². The summed E-state index contributed by atoms with van der Waals surface area (Å²) in [4.78, 5) is 23.0. The van der Waals surface area contributed by atoms with Crippen LogP contribution in [0.4, 0.5) is 5.69 Å². The Bertz CT molecular complexity index is 683. The highest BCUT2D eigenvalue weighted by molar-refractivity contribution is 7.89. The number of non-ortho nitro benzene ring substituents is 1. The summed E-state index contributed by atoms with van der Waals surface area (Å²) < 4.78 is 26.2. The molecule has 2 rings (SSSR count). The molecule has 22 heavy (non-hydrogen) atoms. The van der Waals surface area contributed by atoms with Gasteiger partial charge in [-0.15, -0.1) is 0 Å². The van der Waals surface area contributed by atoms with Gasteiger partial charge in [-0.3, -0.25) is 14.9 Å². The lowest BCUT2D eigenvalue weighted by molar-refractivity contribution is -0.385. The van der Waals surface area contributed by atoms with Crippen molar-refractivity contribution in [1.29, 1.82) is 0 Å². The number of amides is 1. The first-order valence-corrected chi connectivity index (χ1v) is 8.02. The standard InChI is InChI=1S/C12H16N4O5S/c13-9-12(17)14-4-6-15(7-5-14)22(20,21)11-3-1-2-10(8-11)16(18)19/h1-3,8H,4-7,9,13H2. The number of rotatable bonds is 4. The number of carbonyl (C=O) groups is 1. The van der Waals surface area contributed by atoms with Gasteiger partial charge in [-0.05, 0) is 6.07 Å². The second-order valence-electron chi connectivity index (χ2n) is 4.74. The predicted molar refractivity (Wildman–Crippen MR) is 77.5 cm³/mol. The van der Waals surface area contributed by atoms with Gasteiger partial charge in [-0.25, -0.2) is 8.42 Å². The molecular formula is C12H16N4O5S. The first-order valence-electron chi connectivity index (χ1n) is 6.58. The number of nitro benzene ring substituents is 1. The number of nitrogens with two attached hydrogens (primary N) is 1. The Kier molecular flexibility index (Phi) is 4.74. The van der Waals surface area contributed by atoms with Gasteiger partial charge in [-0.2, -0.15) is 4.31 Å². The number of sulfonamides is 1. The van der Waals surface area contributed by atoms with Gasteiger partial charge in [0.15, 0.2) is 0 Å².